The molecule has 0 saturated carbocycles. The number of benzene rings is 1. The zero-order chi connectivity index (χ0) is 14.6. The number of hydrogen-bond acceptors (Lipinski definition) is 2. The third-order valence-corrected chi connectivity index (χ3v) is 5.00. The Morgan fingerprint density at radius 2 is 1.90 bits per heavy atom. The van der Waals surface area contributed by atoms with Gasteiger partial charge in [-0.3, -0.25) is 4.90 Å². The summed E-state index contributed by atoms with van der Waals surface area (Å²) in [5, 5.41) is 9.03. The minimum atomic E-state index is -0.846. The van der Waals surface area contributed by atoms with Gasteiger partial charge in [-0.05, 0) is 49.0 Å². The lowest BCUT2D eigenvalue weighted by molar-refractivity contribution is 0.0696. The second kappa shape index (κ2) is 6.40. The molecule has 3 heteroatoms. The SMILES string of the molecule is CCC1(CC)CCN(Cc2cccc(C(=O)O)c2)CC1. The van der Waals surface area contributed by atoms with Crippen LogP contribution < -0.4 is 0 Å². The lowest BCUT2D eigenvalue weighted by atomic mass is 9.74. The lowest BCUT2D eigenvalue weighted by Crippen LogP contribution is -2.39. The second-order valence-electron chi connectivity index (χ2n) is 5.99. The van der Waals surface area contributed by atoms with Gasteiger partial charge in [0, 0.05) is 6.54 Å². The van der Waals surface area contributed by atoms with Crippen LogP contribution in [-0.4, -0.2) is 29.1 Å². The first-order valence-electron chi connectivity index (χ1n) is 7.63. The van der Waals surface area contributed by atoms with Gasteiger partial charge < -0.3 is 5.11 Å². The largest absolute Gasteiger partial charge is 0.478 e. The molecule has 1 saturated heterocycles. The Bertz CT molecular complexity index is 456. The van der Waals surface area contributed by atoms with Gasteiger partial charge in [0.05, 0.1) is 5.56 Å². The van der Waals surface area contributed by atoms with E-state index in [9.17, 15) is 4.79 Å². The molecule has 0 unspecified atom stereocenters. The van der Waals surface area contributed by atoms with Crippen molar-refractivity contribution in [2.75, 3.05) is 13.1 Å². The average molecular weight is 275 g/mol. The normalized spacial score (nSPS) is 18.9. The summed E-state index contributed by atoms with van der Waals surface area (Å²) < 4.78 is 0. The van der Waals surface area contributed by atoms with Crippen LogP contribution in [0.15, 0.2) is 24.3 Å². The Kier molecular flexibility index (Phi) is 4.81. The quantitative estimate of drug-likeness (QED) is 0.889. The van der Waals surface area contributed by atoms with E-state index in [2.05, 4.69) is 18.7 Å². The summed E-state index contributed by atoms with van der Waals surface area (Å²) in [6.07, 6.45) is 5.06. The van der Waals surface area contributed by atoms with Gasteiger partial charge in [0.2, 0.25) is 0 Å². The van der Waals surface area contributed by atoms with Crippen molar-refractivity contribution in [2.45, 2.75) is 46.1 Å². The van der Waals surface area contributed by atoms with E-state index in [1.165, 1.54) is 25.7 Å². The summed E-state index contributed by atoms with van der Waals surface area (Å²) in [4.78, 5) is 13.4. The number of carbonyl (C=O) groups is 1. The molecule has 110 valence electrons. The van der Waals surface area contributed by atoms with Crippen molar-refractivity contribution in [3.05, 3.63) is 35.4 Å². The van der Waals surface area contributed by atoms with E-state index in [4.69, 9.17) is 5.11 Å². The maximum Gasteiger partial charge on any atom is 0.335 e. The number of likely N-dealkylation sites (tertiary alicyclic amines) is 1. The smallest absolute Gasteiger partial charge is 0.335 e. The zero-order valence-corrected chi connectivity index (χ0v) is 12.6. The minimum absolute atomic E-state index is 0.385. The highest BCUT2D eigenvalue weighted by Crippen LogP contribution is 2.38. The van der Waals surface area contributed by atoms with Gasteiger partial charge in [0.25, 0.3) is 0 Å². The third kappa shape index (κ3) is 3.40. The molecular weight excluding hydrogens is 250 g/mol. The van der Waals surface area contributed by atoms with Crippen molar-refractivity contribution in [2.24, 2.45) is 5.41 Å². The molecule has 2 rings (SSSR count). The molecule has 0 aromatic heterocycles. The maximum atomic E-state index is 11.0. The van der Waals surface area contributed by atoms with Crippen LogP contribution in [0.25, 0.3) is 0 Å². The fourth-order valence-electron chi connectivity index (χ4n) is 3.20. The number of carboxylic acid groups (broad SMARTS) is 1. The van der Waals surface area contributed by atoms with Crippen LogP contribution >= 0.6 is 0 Å². The summed E-state index contributed by atoms with van der Waals surface area (Å²) in [5.41, 5.74) is 2.03. The zero-order valence-electron chi connectivity index (χ0n) is 12.6. The standard InChI is InChI=1S/C17H25NO2/c1-3-17(4-2)8-10-18(11-9-17)13-14-6-5-7-15(12-14)16(19)20/h5-7,12H,3-4,8-11,13H2,1-2H3,(H,19,20). The van der Waals surface area contributed by atoms with Crippen LogP contribution in [0, 0.1) is 5.41 Å². The van der Waals surface area contributed by atoms with Gasteiger partial charge in [-0.1, -0.05) is 38.8 Å². The first-order valence-corrected chi connectivity index (χ1v) is 7.63. The Balaban J connectivity index is 1.96. The highest BCUT2D eigenvalue weighted by atomic mass is 16.4. The molecule has 0 radical (unpaired) electrons. The monoisotopic (exact) mass is 275 g/mol. The van der Waals surface area contributed by atoms with Gasteiger partial charge in [-0.25, -0.2) is 4.79 Å². The van der Waals surface area contributed by atoms with E-state index in [0.717, 1.165) is 25.2 Å². The van der Waals surface area contributed by atoms with Crippen LogP contribution in [0.5, 0.6) is 0 Å². The number of carboxylic acids is 1. The number of aromatic carboxylic acids is 1. The Morgan fingerprint density at radius 3 is 2.45 bits per heavy atom. The molecule has 1 aromatic rings. The topological polar surface area (TPSA) is 40.5 Å². The van der Waals surface area contributed by atoms with Crippen molar-refractivity contribution in [3.8, 4) is 0 Å². The number of nitrogens with zero attached hydrogens (tertiary/aromatic N) is 1. The fraction of sp³-hybridized carbons (Fsp3) is 0.588. The molecule has 1 N–H and O–H groups in total. The fourth-order valence-corrected chi connectivity index (χ4v) is 3.20. The molecule has 1 aliphatic rings. The molecule has 3 nitrogen and oxygen atoms in total. The Hall–Kier alpha value is -1.35. The van der Waals surface area contributed by atoms with Crippen LogP contribution in [0.3, 0.4) is 0 Å². The molecule has 0 aliphatic carbocycles. The van der Waals surface area contributed by atoms with Crippen molar-refractivity contribution < 1.29 is 9.90 Å². The Labute approximate surface area is 121 Å². The van der Waals surface area contributed by atoms with Crippen LogP contribution in [0.4, 0.5) is 0 Å². The molecule has 0 atom stereocenters. The summed E-state index contributed by atoms with van der Waals surface area (Å²) in [7, 11) is 0. The van der Waals surface area contributed by atoms with Gasteiger partial charge in [0.1, 0.15) is 0 Å². The maximum absolute atomic E-state index is 11.0. The molecule has 1 heterocycles. The van der Waals surface area contributed by atoms with Gasteiger partial charge in [0.15, 0.2) is 0 Å². The molecule has 0 spiro atoms. The first kappa shape index (κ1) is 15.0. The van der Waals surface area contributed by atoms with Gasteiger partial charge >= 0.3 is 5.97 Å². The van der Waals surface area contributed by atoms with Crippen LogP contribution in [-0.2, 0) is 6.54 Å². The van der Waals surface area contributed by atoms with Crippen LogP contribution in [0.2, 0.25) is 0 Å². The van der Waals surface area contributed by atoms with E-state index in [1.54, 1.807) is 12.1 Å². The molecule has 0 bridgehead atoms. The van der Waals surface area contributed by atoms with Crippen molar-refractivity contribution >= 4 is 5.97 Å². The molecule has 1 fully saturated rings. The second-order valence-corrected chi connectivity index (χ2v) is 5.99. The van der Waals surface area contributed by atoms with Crippen molar-refractivity contribution in [3.63, 3.8) is 0 Å². The molecule has 20 heavy (non-hydrogen) atoms. The van der Waals surface area contributed by atoms with E-state index in [0.29, 0.717) is 11.0 Å². The van der Waals surface area contributed by atoms with Gasteiger partial charge in [-0.15, -0.1) is 0 Å². The van der Waals surface area contributed by atoms with E-state index in [-0.39, 0.29) is 0 Å². The van der Waals surface area contributed by atoms with Crippen molar-refractivity contribution in [1.82, 2.24) is 4.90 Å². The molecule has 1 aromatic carbocycles. The number of rotatable bonds is 5. The van der Waals surface area contributed by atoms with E-state index in [1.807, 2.05) is 12.1 Å². The van der Waals surface area contributed by atoms with E-state index < -0.39 is 5.97 Å². The summed E-state index contributed by atoms with van der Waals surface area (Å²) in [6, 6.07) is 7.31. The lowest BCUT2D eigenvalue weighted by Gasteiger charge is -2.41. The number of piperidine rings is 1. The van der Waals surface area contributed by atoms with E-state index >= 15 is 0 Å². The average Bonchev–Trinajstić information content (AvgIpc) is 2.49. The Morgan fingerprint density at radius 1 is 1.25 bits per heavy atom. The molecular formula is C17H25NO2. The highest BCUT2D eigenvalue weighted by molar-refractivity contribution is 5.87. The number of hydrogen-bond donors (Lipinski definition) is 1. The van der Waals surface area contributed by atoms with Crippen LogP contribution in [0.1, 0.15) is 55.5 Å². The highest BCUT2D eigenvalue weighted by Gasteiger charge is 2.30. The summed E-state index contributed by atoms with van der Waals surface area (Å²) in [6.45, 7) is 7.72. The predicted molar refractivity (Wildman–Crippen MR) is 80.9 cm³/mol. The molecule has 1 aliphatic heterocycles. The first-order chi connectivity index (χ1) is 9.58. The summed E-state index contributed by atoms with van der Waals surface area (Å²) >= 11 is 0. The third-order valence-electron chi connectivity index (χ3n) is 5.00. The predicted octanol–water partition coefficient (Wildman–Crippen LogP) is 3.79. The van der Waals surface area contributed by atoms with Gasteiger partial charge in [-0.2, -0.15) is 0 Å². The summed E-state index contributed by atoms with van der Waals surface area (Å²) in [5.74, 6) is -0.846. The minimum Gasteiger partial charge on any atom is -0.478 e. The van der Waals surface area contributed by atoms with Crippen molar-refractivity contribution in [1.29, 1.82) is 0 Å². The molecule has 0 amide bonds.